The summed E-state index contributed by atoms with van der Waals surface area (Å²) >= 11 is 0. The zero-order valence-corrected chi connectivity index (χ0v) is 11.4. The van der Waals surface area contributed by atoms with Crippen LogP contribution in [0.15, 0.2) is 0 Å². The van der Waals surface area contributed by atoms with Gasteiger partial charge in [-0.1, -0.05) is 0 Å². The zero-order valence-electron chi connectivity index (χ0n) is 11.4. The Bertz CT molecular complexity index is 363. The first kappa shape index (κ1) is 16.1. The van der Waals surface area contributed by atoms with E-state index < -0.39 is 24.0 Å². The van der Waals surface area contributed by atoms with E-state index in [1.807, 2.05) is 0 Å². The van der Waals surface area contributed by atoms with Crippen molar-refractivity contribution in [3.8, 4) is 0 Å². The van der Waals surface area contributed by atoms with Crippen LogP contribution in [0.1, 0.15) is 6.42 Å². The van der Waals surface area contributed by atoms with Crippen molar-refractivity contribution in [1.82, 2.24) is 14.7 Å². The molecule has 0 atom stereocenters. The topological polar surface area (TPSA) is 78.0 Å². The number of ketones is 1. The standard InChI is InChI=1S/C11H19N3O4/c1-12(2)9(16)6-8(15)11(18)14(5)7-10(17)13(3)4/h6-7H2,1-5H3. The van der Waals surface area contributed by atoms with Gasteiger partial charge in [-0.3, -0.25) is 19.2 Å². The molecule has 0 bridgehead atoms. The highest BCUT2D eigenvalue weighted by Crippen LogP contribution is 1.95. The first-order chi connectivity index (χ1) is 8.16. The molecule has 0 aromatic rings. The maximum absolute atomic E-state index is 11.6. The first-order valence-electron chi connectivity index (χ1n) is 5.35. The normalized spacial score (nSPS) is 9.61. The van der Waals surface area contributed by atoms with E-state index in [9.17, 15) is 19.2 Å². The first-order valence-corrected chi connectivity index (χ1v) is 5.35. The van der Waals surface area contributed by atoms with E-state index in [1.165, 1.54) is 30.9 Å². The number of Topliss-reactive ketones (excluding diaryl/α,β-unsaturated/α-hetero) is 1. The number of hydrogen-bond acceptors (Lipinski definition) is 4. The molecule has 0 aliphatic carbocycles. The molecule has 0 spiro atoms. The fourth-order valence-electron chi connectivity index (χ4n) is 1.00. The predicted molar refractivity (Wildman–Crippen MR) is 64.6 cm³/mol. The van der Waals surface area contributed by atoms with Crippen LogP contribution >= 0.6 is 0 Å². The molecule has 7 heteroatoms. The summed E-state index contributed by atoms with van der Waals surface area (Å²) in [6.45, 7) is -0.187. The molecule has 0 aliphatic heterocycles. The van der Waals surface area contributed by atoms with Gasteiger partial charge in [-0.05, 0) is 0 Å². The summed E-state index contributed by atoms with van der Waals surface area (Å²) in [5.41, 5.74) is 0. The molecule has 0 fully saturated rings. The highest BCUT2D eigenvalue weighted by molar-refractivity contribution is 6.39. The van der Waals surface area contributed by atoms with Gasteiger partial charge in [0.25, 0.3) is 5.91 Å². The van der Waals surface area contributed by atoms with Crippen LogP contribution in [-0.2, 0) is 19.2 Å². The average molecular weight is 257 g/mol. The molecule has 0 heterocycles. The Hall–Kier alpha value is -1.92. The van der Waals surface area contributed by atoms with Crippen molar-refractivity contribution in [2.75, 3.05) is 41.8 Å². The maximum Gasteiger partial charge on any atom is 0.290 e. The van der Waals surface area contributed by atoms with Crippen molar-refractivity contribution in [2.24, 2.45) is 0 Å². The third-order valence-electron chi connectivity index (χ3n) is 2.27. The van der Waals surface area contributed by atoms with E-state index in [-0.39, 0.29) is 12.5 Å². The van der Waals surface area contributed by atoms with Crippen molar-refractivity contribution in [2.45, 2.75) is 6.42 Å². The minimum Gasteiger partial charge on any atom is -0.348 e. The van der Waals surface area contributed by atoms with Gasteiger partial charge in [0.05, 0.1) is 13.0 Å². The minimum absolute atomic E-state index is 0.187. The van der Waals surface area contributed by atoms with Crippen molar-refractivity contribution in [1.29, 1.82) is 0 Å². The van der Waals surface area contributed by atoms with Crippen molar-refractivity contribution < 1.29 is 19.2 Å². The molecule has 0 N–H and O–H groups in total. The van der Waals surface area contributed by atoms with Crippen LogP contribution in [0.25, 0.3) is 0 Å². The third kappa shape index (κ3) is 4.94. The number of carbonyl (C=O) groups is 4. The molecule has 7 nitrogen and oxygen atoms in total. The van der Waals surface area contributed by atoms with Crippen LogP contribution in [-0.4, -0.2) is 80.0 Å². The summed E-state index contributed by atoms with van der Waals surface area (Å²) in [5.74, 6) is -2.39. The van der Waals surface area contributed by atoms with Gasteiger partial charge in [0.15, 0.2) is 0 Å². The van der Waals surface area contributed by atoms with Gasteiger partial charge in [0.1, 0.15) is 0 Å². The van der Waals surface area contributed by atoms with Gasteiger partial charge in [-0.2, -0.15) is 0 Å². The molecule has 0 radical (unpaired) electrons. The molecule has 0 saturated carbocycles. The van der Waals surface area contributed by atoms with Gasteiger partial charge in [0, 0.05) is 35.2 Å². The summed E-state index contributed by atoms with van der Waals surface area (Å²) in [6, 6.07) is 0. The fourth-order valence-corrected chi connectivity index (χ4v) is 1.00. The van der Waals surface area contributed by atoms with E-state index in [0.717, 1.165) is 4.90 Å². The van der Waals surface area contributed by atoms with Crippen LogP contribution < -0.4 is 0 Å². The predicted octanol–water partition coefficient (Wildman–Crippen LogP) is -1.42. The molecule has 0 rings (SSSR count). The van der Waals surface area contributed by atoms with E-state index in [1.54, 1.807) is 14.1 Å². The van der Waals surface area contributed by atoms with Gasteiger partial charge in [-0.15, -0.1) is 0 Å². The van der Waals surface area contributed by atoms with Crippen molar-refractivity contribution in [3.05, 3.63) is 0 Å². The van der Waals surface area contributed by atoms with E-state index in [2.05, 4.69) is 0 Å². The second kappa shape index (κ2) is 6.73. The summed E-state index contributed by atoms with van der Waals surface area (Å²) in [6.07, 6.45) is -0.480. The zero-order chi connectivity index (χ0) is 14.5. The Morgan fingerprint density at radius 3 is 1.61 bits per heavy atom. The van der Waals surface area contributed by atoms with Gasteiger partial charge >= 0.3 is 0 Å². The molecule has 18 heavy (non-hydrogen) atoms. The van der Waals surface area contributed by atoms with Gasteiger partial charge in [0.2, 0.25) is 17.6 Å². The van der Waals surface area contributed by atoms with E-state index in [4.69, 9.17) is 0 Å². The third-order valence-corrected chi connectivity index (χ3v) is 2.27. The van der Waals surface area contributed by atoms with Gasteiger partial charge < -0.3 is 14.7 Å². The number of amides is 3. The Morgan fingerprint density at radius 2 is 1.22 bits per heavy atom. The minimum atomic E-state index is -0.833. The molecule has 102 valence electrons. The van der Waals surface area contributed by atoms with Crippen LogP contribution in [0.2, 0.25) is 0 Å². The molecule has 0 aromatic carbocycles. The van der Waals surface area contributed by atoms with Crippen LogP contribution in [0, 0.1) is 0 Å². The SMILES string of the molecule is CN(C)C(=O)CC(=O)C(=O)N(C)CC(=O)N(C)C. The lowest BCUT2D eigenvalue weighted by Gasteiger charge is -2.18. The molecule has 0 unspecified atom stereocenters. The number of rotatable bonds is 5. The number of likely N-dealkylation sites (N-methyl/N-ethyl adjacent to an activating group) is 2. The molecular weight excluding hydrogens is 238 g/mol. The highest BCUT2D eigenvalue weighted by atomic mass is 16.2. The smallest absolute Gasteiger partial charge is 0.290 e. The van der Waals surface area contributed by atoms with Crippen LogP contribution in [0.3, 0.4) is 0 Å². The quantitative estimate of drug-likeness (QED) is 0.447. The average Bonchev–Trinajstić information content (AvgIpc) is 2.27. The van der Waals surface area contributed by atoms with E-state index >= 15 is 0 Å². The lowest BCUT2D eigenvalue weighted by atomic mass is 10.2. The molecule has 0 aliphatic rings. The molecular formula is C11H19N3O4. The summed E-state index contributed by atoms with van der Waals surface area (Å²) < 4.78 is 0. The second-order valence-electron chi connectivity index (χ2n) is 4.34. The van der Waals surface area contributed by atoms with Crippen LogP contribution in [0.5, 0.6) is 0 Å². The monoisotopic (exact) mass is 257 g/mol. The highest BCUT2D eigenvalue weighted by Gasteiger charge is 2.23. The number of carbonyl (C=O) groups excluding carboxylic acids is 4. The van der Waals surface area contributed by atoms with E-state index in [0.29, 0.717) is 0 Å². The lowest BCUT2D eigenvalue weighted by Crippen LogP contribution is -2.42. The Labute approximate surface area is 106 Å². The summed E-state index contributed by atoms with van der Waals surface area (Å²) in [7, 11) is 7.45. The summed E-state index contributed by atoms with van der Waals surface area (Å²) in [4.78, 5) is 49.3. The fraction of sp³-hybridized carbons (Fsp3) is 0.636. The second-order valence-corrected chi connectivity index (χ2v) is 4.34. The summed E-state index contributed by atoms with van der Waals surface area (Å²) in [5, 5.41) is 0. The molecule has 0 aromatic heterocycles. The molecule has 0 saturated heterocycles. The van der Waals surface area contributed by atoms with Gasteiger partial charge in [-0.25, -0.2) is 0 Å². The number of nitrogens with zero attached hydrogens (tertiary/aromatic N) is 3. The molecule has 3 amide bonds. The Balaban J connectivity index is 4.42. The lowest BCUT2D eigenvalue weighted by molar-refractivity contribution is -0.148. The largest absolute Gasteiger partial charge is 0.348 e. The van der Waals surface area contributed by atoms with Crippen LogP contribution in [0.4, 0.5) is 0 Å². The Morgan fingerprint density at radius 1 is 0.778 bits per heavy atom. The Kier molecular flexibility index (Phi) is 6.01. The van der Waals surface area contributed by atoms with Crippen molar-refractivity contribution in [3.63, 3.8) is 0 Å². The number of hydrogen-bond donors (Lipinski definition) is 0. The maximum atomic E-state index is 11.6. The van der Waals surface area contributed by atoms with Crippen molar-refractivity contribution >= 4 is 23.5 Å².